The Morgan fingerprint density at radius 2 is 1.59 bits per heavy atom. The molecule has 29 heavy (non-hydrogen) atoms. The average molecular weight is 386 g/mol. The summed E-state index contributed by atoms with van der Waals surface area (Å²) in [7, 11) is 0. The molecular formula is C25H26N2O2. The third-order valence-corrected chi connectivity index (χ3v) is 5.00. The molecule has 4 rings (SSSR count). The third kappa shape index (κ3) is 4.60. The minimum Gasteiger partial charge on any atom is -0.494 e. The minimum atomic E-state index is 0.443. The maximum Gasteiger partial charge on any atom is 0.148 e. The van der Waals surface area contributed by atoms with Crippen LogP contribution in [-0.2, 0) is 13.2 Å². The molecule has 0 N–H and O–H groups in total. The molecule has 0 aliphatic heterocycles. The van der Waals surface area contributed by atoms with Gasteiger partial charge < -0.3 is 14.0 Å². The fraction of sp³-hybridized carbons (Fsp3) is 0.240. The van der Waals surface area contributed by atoms with E-state index in [1.54, 1.807) is 0 Å². The third-order valence-electron chi connectivity index (χ3n) is 5.00. The Kier molecular flexibility index (Phi) is 5.80. The van der Waals surface area contributed by atoms with Crippen LogP contribution in [0.4, 0.5) is 0 Å². The summed E-state index contributed by atoms with van der Waals surface area (Å²) in [5, 5.41) is 0. The minimum absolute atomic E-state index is 0.443. The highest BCUT2D eigenvalue weighted by atomic mass is 16.5. The van der Waals surface area contributed by atoms with Crippen LogP contribution >= 0.6 is 0 Å². The van der Waals surface area contributed by atoms with E-state index in [4.69, 9.17) is 14.5 Å². The lowest BCUT2D eigenvalue weighted by Gasteiger charge is -2.12. The van der Waals surface area contributed by atoms with Gasteiger partial charge >= 0.3 is 0 Å². The SMILES string of the molecule is Cc1ccc(OCCCn2c(COc3ccccc3C)nc3ccccc32)cc1. The maximum absolute atomic E-state index is 6.07. The van der Waals surface area contributed by atoms with E-state index in [-0.39, 0.29) is 0 Å². The Bertz CT molecular complexity index is 1080. The van der Waals surface area contributed by atoms with E-state index in [2.05, 4.69) is 48.7 Å². The quantitative estimate of drug-likeness (QED) is 0.364. The van der Waals surface area contributed by atoms with Gasteiger partial charge in [0.2, 0.25) is 0 Å². The van der Waals surface area contributed by atoms with Crippen molar-refractivity contribution in [1.82, 2.24) is 9.55 Å². The molecule has 0 saturated heterocycles. The molecule has 0 bridgehead atoms. The van der Waals surface area contributed by atoms with E-state index in [0.717, 1.165) is 46.9 Å². The first kappa shape index (κ1) is 19.1. The van der Waals surface area contributed by atoms with Crippen molar-refractivity contribution >= 4 is 11.0 Å². The molecule has 3 aromatic carbocycles. The zero-order valence-corrected chi connectivity index (χ0v) is 17.0. The fourth-order valence-electron chi connectivity index (χ4n) is 3.39. The van der Waals surface area contributed by atoms with Crippen molar-refractivity contribution in [1.29, 1.82) is 0 Å². The average Bonchev–Trinajstić information content (AvgIpc) is 3.09. The Morgan fingerprint density at radius 1 is 0.828 bits per heavy atom. The molecule has 4 aromatic rings. The van der Waals surface area contributed by atoms with Gasteiger partial charge in [0.15, 0.2) is 0 Å². The van der Waals surface area contributed by atoms with E-state index in [1.807, 2.05) is 42.5 Å². The number of benzene rings is 3. The molecule has 0 spiro atoms. The lowest BCUT2D eigenvalue weighted by Crippen LogP contribution is -2.10. The van der Waals surface area contributed by atoms with E-state index < -0.39 is 0 Å². The van der Waals surface area contributed by atoms with Crippen LogP contribution in [0.25, 0.3) is 11.0 Å². The lowest BCUT2D eigenvalue weighted by molar-refractivity contribution is 0.279. The predicted octanol–water partition coefficient (Wildman–Crippen LogP) is 5.70. The Morgan fingerprint density at radius 3 is 2.41 bits per heavy atom. The summed E-state index contributed by atoms with van der Waals surface area (Å²) < 4.78 is 14.2. The number of imidazole rings is 1. The van der Waals surface area contributed by atoms with Gasteiger partial charge in [-0.15, -0.1) is 0 Å². The van der Waals surface area contributed by atoms with E-state index in [1.165, 1.54) is 5.56 Å². The molecule has 0 aliphatic rings. The smallest absolute Gasteiger partial charge is 0.148 e. The molecular weight excluding hydrogens is 360 g/mol. The summed E-state index contributed by atoms with van der Waals surface area (Å²) in [6.45, 7) is 6.07. The lowest BCUT2D eigenvalue weighted by atomic mass is 10.2. The molecule has 1 heterocycles. The summed E-state index contributed by atoms with van der Waals surface area (Å²) in [6, 6.07) is 24.5. The van der Waals surface area contributed by atoms with Crippen molar-refractivity contribution in [3.8, 4) is 11.5 Å². The van der Waals surface area contributed by atoms with E-state index >= 15 is 0 Å². The summed E-state index contributed by atoms with van der Waals surface area (Å²) >= 11 is 0. The van der Waals surface area contributed by atoms with Crippen molar-refractivity contribution in [3.63, 3.8) is 0 Å². The summed E-state index contributed by atoms with van der Waals surface area (Å²) in [4.78, 5) is 4.80. The monoisotopic (exact) mass is 386 g/mol. The second-order valence-corrected chi connectivity index (χ2v) is 7.24. The van der Waals surface area contributed by atoms with Crippen molar-refractivity contribution < 1.29 is 9.47 Å². The van der Waals surface area contributed by atoms with Gasteiger partial charge in [-0.25, -0.2) is 4.98 Å². The van der Waals surface area contributed by atoms with Crippen LogP contribution in [0.1, 0.15) is 23.4 Å². The first-order valence-corrected chi connectivity index (χ1v) is 10.0. The zero-order chi connectivity index (χ0) is 20.1. The first-order chi connectivity index (χ1) is 14.2. The van der Waals surface area contributed by atoms with Crippen LogP contribution < -0.4 is 9.47 Å². The van der Waals surface area contributed by atoms with E-state index in [9.17, 15) is 0 Å². The Balaban J connectivity index is 1.44. The van der Waals surface area contributed by atoms with Gasteiger partial charge in [0.05, 0.1) is 17.6 Å². The Labute approximate surface area is 171 Å². The first-order valence-electron chi connectivity index (χ1n) is 10.0. The molecule has 0 fully saturated rings. The molecule has 0 unspecified atom stereocenters. The second-order valence-electron chi connectivity index (χ2n) is 7.24. The highest BCUT2D eigenvalue weighted by Gasteiger charge is 2.11. The molecule has 0 saturated carbocycles. The number of hydrogen-bond acceptors (Lipinski definition) is 3. The number of rotatable bonds is 8. The summed E-state index contributed by atoms with van der Waals surface area (Å²) in [6.07, 6.45) is 0.894. The van der Waals surface area contributed by atoms with Crippen molar-refractivity contribution in [3.05, 3.63) is 89.7 Å². The largest absolute Gasteiger partial charge is 0.494 e. The number of para-hydroxylation sites is 3. The molecule has 0 aliphatic carbocycles. The molecule has 1 aromatic heterocycles. The summed E-state index contributed by atoms with van der Waals surface area (Å²) in [5.74, 6) is 2.74. The fourth-order valence-corrected chi connectivity index (χ4v) is 3.39. The van der Waals surface area contributed by atoms with Crippen molar-refractivity contribution in [2.24, 2.45) is 0 Å². The van der Waals surface area contributed by atoms with Crippen LogP contribution in [0.2, 0.25) is 0 Å². The van der Waals surface area contributed by atoms with Gasteiger partial charge in [-0.3, -0.25) is 0 Å². The van der Waals surface area contributed by atoms with Gasteiger partial charge in [-0.1, -0.05) is 48.0 Å². The maximum atomic E-state index is 6.07. The van der Waals surface area contributed by atoms with Crippen LogP contribution in [0.5, 0.6) is 11.5 Å². The summed E-state index contributed by atoms with van der Waals surface area (Å²) in [5.41, 5.74) is 4.49. The van der Waals surface area contributed by atoms with Crippen molar-refractivity contribution in [2.75, 3.05) is 6.61 Å². The zero-order valence-electron chi connectivity index (χ0n) is 17.0. The number of fused-ring (bicyclic) bond motifs is 1. The van der Waals surface area contributed by atoms with Gasteiger partial charge in [-0.05, 0) is 56.2 Å². The number of hydrogen-bond donors (Lipinski definition) is 0. The van der Waals surface area contributed by atoms with Gasteiger partial charge in [0.25, 0.3) is 0 Å². The Hall–Kier alpha value is -3.27. The van der Waals surface area contributed by atoms with Gasteiger partial charge in [0, 0.05) is 6.54 Å². The molecule has 4 heteroatoms. The number of aromatic nitrogens is 2. The molecule has 148 valence electrons. The number of ether oxygens (including phenoxy) is 2. The van der Waals surface area contributed by atoms with E-state index in [0.29, 0.717) is 13.2 Å². The van der Waals surface area contributed by atoms with Crippen LogP contribution in [0, 0.1) is 13.8 Å². The molecule has 0 radical (unpaired) electrons. The highest BCUT2D eigenvalue weighted by Crippen LogP contribution is 2.21. The van der Waals surface area contributed by atoms with Crippen LogP contribution in [0.15, 0.2) is 72.8 Å². The molecule has 4 nitrogen and oxygen atoms in total. The van der Waals surface area contributed by atoms with Gasteiger partial charge in [-0.2, -0.15) is 0 Å². The van der Waals surface area contributed by atoms with Crippen LogP contribution in [0.3, 0.4) is 0 Å². The normalized spacial score (nSPS) is 11.0. The second kappa shape index (κ2) is 8.82. The number of nitrogens with zero attached hydrogens (tertiary/aromatic N) is 2. The number of aryl methyl sites for hydroxylation is 3. The molecule has 0 amide bonds. The molecule has 0 atom stereocenters. The van der Waals surface area contributed by atoms with Crippen LogP contribution in [-0.4, -0.2) is 16.2 Å². The predicted molar refractivity (Wildman–Crippen MR) is 117 cm³/mol. The highest BCUT2D eigenvalue weighted by molar-refractivity contribution is 5.75. The standard InChI is InChI=1S/C25H26N2O2/c1-19-12-14-21(15-13-19)28-17-7-16-27-23-10-5-4-9-22(23)26-25(27)18-29-24-11-6-3-8-20(24)2/h3-6,8-15H,7,16-18H2,1-2H3. The van der Waals surface area contributed by atoms with Crippen molar-refractivity contribution in [2.45, 2.75) is 33.4 Å². The van der Waals surface area contributed by atoms with Gasteiger partial charge in [0.1, 0.15) is 23.9 Å². The topological polar surface area (TPSA) is 36.3 Å².